The standard InChI is InChI=1S/C30H28ClN5O/c1-3-20-10-11-22-16-26(25-13-12-21(17-27(25)31)23-8-7-14-32-18-23)30(37)36(4-2)29(22)35-28(20)34-19-24-9-5-6-15-33-24/h5-9,11-18,34H,3-4,10,19H2,1-2H3. The fraction of sp³-hybridized carbons (Fsp3) is 0.200. The van der Waals surface area contributed by atoms with E-state index in [0.717, 1.165) is 40.7 Å². The highest BCUT2D eigenvalue weighted by Crippen LogP contribution is 2.30. The van der Waals surface area contributed by atoms with Gasteiger partial charge in [0.05, 0.1) is 12.2 Å². The van der Waals surface area contributed by atoms with Crippen molar-refractivity contribution in [2.24, 2.45) is 4.99 Å². The molecule has 3 aromatic heterocycles. The van der Waals surface area contributed by atoms with Crippen LogP contribution in [-0.2, 0) is 13.1 Å². The molecule has 1 aliphatic heterocycles. The highest BCUT2D eigenvalue weighted by atomic mass is 35.5. The van der Waals surface area contributed by atoms with Crippen molar-refractivity contribution in [3.05, 3.63) is 116 Å². The van der Waals surface area contributed by atoms with Crippen molar-refractivity contribution in [2.75, 3.05) is 0 Å². The molecular weight excluding hydrogens is 482 g/mol. The average molecular weight is 510 g/mol. The normalized spacial score (nSPS) is 12.8. The number of nitrogens with one attached hydrogen (secondary N) is 1. The Hall–Kier alpha value is -4.03. The van der Waals surface area contributed by atoms with Crippen LogP contribution in [0.15, 0.2) is 94.4 Å². The van der Waals surface area contributed by atoms with Crippen LogP contribution in [0.3, 0.4) is 0 Å². The number of allylic oxidation sites excluding steroid dienone is 1. The Morgan fingerprint density at radius 2 is 1.89 bits per heavy atom. The molecule has 0 aliphatic carbocycles. The minimum Gasteiger partial charge on any atom is -0.364 e. The van der Waals surface area contributed by atoms with E-state index in [1.54, 1.807) is 23.2 Å². The number of benzene rings is 1. The van der Waals surface area contributed by atoms with E-state index >= 15 is 0 Å². The number of nitrogens with zero attached hydrogens (tertiary/aromatic N) is 4. The molecular formula is C30H28ClN5O. The maximum atomic E-state index is 13.7. The van der Waals surface area contributed by atoms with E-state index < -0.39 is 0 Å². The summed E-state index contributed by atoms with van der Waals surface area (Å²) in [6, 6.07) is 17.4. The van der Waals surface area contributed by atoms with Gasteiger partial charge in [-0.15, -0.1) is 0 Å². The summed E-state index contributed by atoms with van der Waals surface area (Å²) in [5.41, 5.74) is 5.86. The molecule has 6 nitrogen and oxygen atoms in total. The second-order valence-electron chi connectivity index (χ2n) is 8.82. The molecule has 0 bridgehead atoms. The summed E-state index contributed by atoms with van der Waals surface area (Å²) in [5.74, 6) is 0.802. The van der Waals surface area contributed by atoms with Crippen molar-refractivity contribution in [1.29, 1.82) is 0 Å². The van der Waals surface area contributed by atoms with Crippen LogP contribution in [0.4, 0.5) is 0 Å². The lowest BCUT2D eigenvalue weighted by Gasteiger charge is -2.12. The van der Waals surface area contributed by atoms with Gasteiger partial charge in [0.15, 0.2) is 0 Å². The van der Waals surface area contributed by atoms with E-state index in [4.69, 9.17) is 16.6 Å². The molecule has 0 spiro atoms. The summed E-state index contributed by atoms with van der Waals surface area (Å²) in [6.45, 7) is 5.14. The van der Waals surface area contributed by atoms with E-state index in [9.17, 15) is 4.79 Å². The molecule has 0 saturated carbocycles. The maximum absolute atomic E-state index is 13.7. The Labute approximate surface area is 220 Å². The molecule has 4 aromatic rings. The molecule has 1 N–H and O–H groups in total. The third kappa shape index (κ3) is 5.11. The zero-order valence-corrected chi connectivity index (χ0v) is 21.7. The van der Waals surface area contributed by atoms with E-state index in [0.29, 0.717) is 34.7 Å². The minimum absolute atomic E-state index is 0.113. The van der Waals surface area contributed by atoms with Crippen molar-refractivity contribution in [2.45, 2.75) is 39.8 Å². The number of pyridine rings is 3. The number of fused-ring (bicyclic) bond motifs is 1. The summed E-state index contributed by atoms with van der Waals surface area (Å²) in [7, 11) is 0. The Balaban J connectivity index is 1.59. The van der Waals surface area contributed by atoms with E-state index in [1.165, 1.54) is 5.57 Å². The van der Waals surface area contributed by atoms with E-state index in [2.05, 4.69) is 28.3 Å². The van der Waals surface area contributed by atoms with Gasteiger partial charge in [-0.3, -0.25) is 19.3 Å². The monoisotopic (exact) mass is 509 g/mol. The van der Waals surface area contributed by atoms with Crippen LogP contribution < -0.4 is 21.6 Å². The third-order valence-corrected chi connectivity index (χ3v) is 6.88. The van der Waals surface area contributed by atoms with E-state index in [-0.39, 0.29) is 5.56 Å². The minimum atomic E-state index is -0.113. The van der Waals surface area contributed by atoms with Gasteiger partial charge in [0.25, 0.3) is 5.56 Å². The maximum Gasteiger partial charge on any atom is 0.260 e. The van der Waals surface area contributed by atoms with Gasteiger partial charge in [0.2, 0.25) is 0 Å². The quantitative estimate of drug-likeness (QED) is 0.386. The molecule has 1 aliphatic rings. The number of hydrogen-bond donors (Lipinski definition) is 1. The second-order valence-corrected chi connectivity index (χ2v) is 9.23. The molecule has 0 radical (unpaired) electrons. The van der Waals surface area contributed by atoms with Crippen LogP contribution in [0.2, 0.25) is 5.02 Å². The van der Waals surface area contributed by atoms with Gasteiger partial charge < -0.3 is 5.32 Å². The highest BCUT2D eigenvalue weighted by Gasteiger charge is 2.16. The third-order valence-electron chi connectivity index (χ3n) is 6.57. The van der Waals surface area contributed by atoms with Gasteiger partial charge in [-0.1, -0.05) is 48.9 Å². The topological polar surface area (TPSA) is 72.2 Å². The molecule has 0 amide bonds. The van der Waals surface area contributed by atoms with Crippen LogP contribution in [-0.4, -0.2) is 14.5 Å². The zero-order chi connectivity index (χ0) is 25.8. The van der Waals surface area contributed by atoms with Crippen LogP contribution in [0.25, 0.3) is 28.3 Å². The van der Waals surface area contributed by atoms with Gasteiger partial charge >= 0.3 is 0 Å². The molecule has 5 rings (SSSR count). The van der Waals surface area contributed by atoms with Crippen molar-refractivity contribution in [3.8, 4) is 22.3 Å². The van der Waals surface area contributed by atoms with Gasteiger partial charge in [-0.05, 0) is 61.2 Å². The molecule has 37 heavy (non-hydrogen) atoms. The molecule has 0 saturated heterocycles. The van der Waals surface area contributed by atoms with Crippen LogP contribution in [0.1, 0.15) is 32.4 Å². The average Bonchev–Trinajstić information content (AvgIpc) is 3.11. The zero-order valence-electron chi connectivity index (χ0n) is 20.9. The molecule has 7 heteroatoms. The summed E-state index contributed by atoms with van der Waals surface area (Å²) in [6.07, 6.45) is 9.06. The first-order chi connectivity index (χ1) is 18.1. The van der Waals surface area contributed by atoms with Crippen molar-refractivity contribution >= 4 is 17.7 Å². The first-order valence-corrected chi connectivity index (χ1v) is 12.9. The Bertz CT molecular complexity index is 1640. The molecule has 0 unspecified atom stereocenters. The molecule has 186 valence electrons. The lowest BCUT2D eigenvalue weighted by Crippen LogP contribution is -2.44. The largest absolute Gasteiger partial charge is 0.364 e. The van der Waals surface area contributed by atoms with Crippen molar-refractivity contribution in [3.63, 3.8) is 0 Å². The van der Waals surface area contributed by atoms with E-state index in [1.807, 2.05) is 61.5 Å². The Morgan fingerprint density at radius 1 is 1.00 bits per heavy atom. The number of hydrogen-bond acceptors (Lipinski definition) is 5. The van der Waals surface area contributed by atoms with Crippen molar-refractivity contribution in [1.82, 2.24) is 19.9 Å². The first-order valence-electron chi connectivity index (χ1n) is 12.5. The van der Waals surface area contributed by atoms with Crippen LogP contribution in [0.5, 0.6) is 0 Å². The molecule has 4 heterocycles. The fourth-order valence-electron chi connectivity index (χ4n) is 4.56. The van der Waals surface area contributed by atoms with Gasteiger partial charge in [-0.25, -0.2) is 4.99 Å². The van der Waals surface area contributed by atoms with Crippen LogP contribution >= 0.6 is 11.6 Å². The summed E-state index contributed by atoms with van der Waals surface area (Å²) >= 11 is 6.74. The summed E-state index contributed by atoms with van der Waals surface area (Å²) in [5, 5.41) is 4.90. The lowest BCUT2D eigenvalue weighted by atomic mass is 10.0. The Morgan fingerprint density at radius 3 is 2.59 bits per heavy atom. The summed E-state index contributed by atoms with van der Waals surface area (Å²) in [4.78, 5) is 27.3. The Kier molecular flexibility index (Phi) is 7.28. The smallest absolute Gasteiger partial charge is 0.260 e. The lowest BCUT2D eigenvalue weighted by molar-refractivity contribution is 0.666. The number of aromatic nitrogens is 3. The summed E-state index contributed by atoms with van der Waals surface area (Å²) < 4.78 is 1.73. The molecule has 1 aromatic carbocycles. The van der Waals surface area contributed by atoms with Gasteiger partial charge in [0, 0.05) is 52.1 Å². The molecule has 0 fully saturated rings. The first kappa shape index (κ1) is 24.7. The fourth-order valence-corrected chi connectivity index (χ4v) is 4.84. The second kappa shape index (κ2) is 10.9. The predicted octanol–water partition coefficient (Wildman–Crippen LogP) is 4.86. The predicted molar refractivity (Wildman–Crippen MR) is 148 cm³/mol. The number of rotatable bonds is 7. The van der Waals surface area contributed by atoms with Gasteiger partial charge in [0.1, 0.15) is 11.3 Å². The SMILES string of the molecule is CCC1=C(NCc2ccccn2)N=c2c(cc(-c3ccc(-c4cccnc4)cc3Cl)c(=O)n2CC)=CC1. The van der Waals surface area contributed by atoms with Gasteiger partial charge in [-0.2, -0.15) is 0 Å². The highest BCUT2D eigenvalue weighted by molar-refractivity contribution is 6.33. The number of halogens is 1. The van der Waals surface area contributed by atoms with Crippen molar-refractivity contribution < 1.29 is 0 Å². The van der Waals surface area contributed by atoms with Crippen LogP contribution in [0, 0.1) is 0 Å². The molecule has 0 atom stereocenters.